The summed E-state index contributed by atoms with van der Waals surface area (Å²) in [6.45, 7) is 8.01. The summed E-state index contributed by atoms with van der Waals surface area (Å²) in [5, 5.41) is 6.05. The fourth-order valence-electron chi connectivity index (χ4n) is 1.55. The Bertz CT molecular complexity index is 562. The highest BCUT2D eigenvalue weighted by Crippen LogP contribution is 2.33. The van der Waals surface area contributed by atoms with E-state index in [9.17, 15) is 0 Å². The number of aromatic nitrogens is 4. The van der Waals surface area contributed by atoms with Crippen LogP contribution in [0.3, 0.4) is 0 Å². The van der Waals surface area contributed by atoms with E-state index < -0.39 is 0 Å². The van der Waals surface area contributed by atoms with E-state index in [0.717, 1.165) is 16.4 Å². The lowest BCUT2D eigenvalue weighted by atomic mass is 10.4. The van der Waals surface area contributed by atoms with Gasteiger partial charge in [0.2, 0.25) is 0 Å². The zero-order chi connectivity index (χ0) is 13.3. The van der Waals surface area contributed by atoms with Crippen molar-refractivity contribution in [2.75, 3.05) is 5.73 Å². The maximum atomic E-state index is 6.07. The number of anilines is 1. The van der Waals surface area contributed by atoms with Crippen LogP contribution in [0.5, 0.6) is 0 Å². The highest BCUT2D eigenvalue weighted by atomic mass is 32.2. The normalized spacial score (nSPS) is 11.2. The van der Waals surface area contributed by atoms with Gasteiger partial charge in [-0.15, -0.1) is 0 Å². The van der Waals surface area contributed by atoms with Crippen LogP contribution < -0.4 is 5.73 Å². The smallest absolute Gasteiger partial charge is 0.194 e. The Hall–Kier alpha value is -1.56. The number of nitrogen functional groups attached to an aromatic ring is 1. The summed E-state index contributed by atoms with van der Waals surface area (Å²) in [5.74, 6) is 0. The van der Waals surface area contributed by atoms with Gasteiger partial charge in [-0.05, 0) is 45.5 Å². The van der Waals surface area contributed by atoms with Gasteiger partial charge in [-0.1, -0.05) is 0 Å². The Morgan fingerprint density at radius 3 is 2.67 bits per heavy atom. The largest absolute Gasteiger partial charge is 0.395 e. The van der Waals surface area contributed by atoms with Crippen LogP contribution in [-0.4, -0.2) is 19.7 Å². The van der Waals surface area contributed by atoms with Crippen LogP contribution in [0.15, 0.2) is 22.4 Å². The standard InChI is InChI=1S/C12H17N5S/c1-7(2)17-11(10(13)9(4)16-17)18-12-14-6-5-8(3)15-12/h5-7H,13H2,1-4H3. The number of aryl methyl sites for hydroxylation is 2. The van der Waals surface area contributed by atoms with Crippen LogP contribution in [0.2, 0.25) is 0 Å². The van der Waals surface area contributed by atoms with Gasteiger partial charge in [-0.25, -0.2) is 9.97 Å². The van der Waals surface area contributed by atoms with Gasteiger partial charge in [0.15, 0.2) is 5.16 Å². The van der Waals surface area contributed by atoms with Crippen LogP contribution in [0.4, 0.5) is 5.69 Å². The van der Waals surface area contributed by atoms with E-state index in [-0.39, 0.29) is 6.04 Å². The quantitative estimate of drug-likeness (QED) is 0.862. The Labute approximate surface area is 111 Å². The second-order valence-corrected chi connectivity index (χ2v) is 5.38. The molecule has 0 aliphatic rings. The fourth-order valence-corrected chi connectivity index (χ4v) is 2.63. The minimum atomic E-state index is 0.258. The molecule has 0 bridgehead atoms. The highest BCUT2D eigenvalue weighted by Gasteiger charge is 2.17. The molecule has 0 spiro atoms. The van der Waals surface area contributed by atoms with Crippen molar-refractivity contribution < 1.29 is 0 Å². The van der Waals surface area contributed by atoms with Crippen molar-refractivity contribution in [3.8, 4) is 0 Å². The lowest BCUT2D eigenvalue weighted by Gasteiger charge is -2.10. The predicted octanol–water partition coefficient (Wildman–Crippen LogP) is 2.60. The zero-order valence-electron chi connectivity index (χ0n) is 11.0. The molecule has 5 nitrogen and oxygen atoms in total. The summed E-state index contributed by atoms with van der Waals surface area (Å²) < 4.78 is 1.92. The monoisotopic (exact) mass is 263 g/mol. The minimum absolute atomic E-state index is 0.258. The predicted molar refractivity (Wildman–Crippen MR) is 72.7 cm³/mol. The molecule has 0 radical (unpaired) electrons. The molecule has 0 atom stereocenters. The van der Waals surface area contributed by atoms with Crippen molar-refractivity contribution >= 4 is 17.4 Å². The van der Waals surface area contributed by atoms with Gasteiger partial charge in [0, 0.05) is 17.9 Å². The molecule has 0 aromatic carbocycles. The van der Waals surface area contributed by atoms with E-state index in [4.69, 9.17) is 5.73 Å². The number of nitrogens with two attached hydrogens (primary N) is 1. The summed E-state index contributed by atoms with van der Waals surface area (Å²) >= 11 is 1.46. The maximum absolute atomic E-state index is 6.07. The SMILES string of the molecule is Cc1ccnc(Sc2c(N)c(C)nn2C(C)C)n1. The maximum Gasteiger partial charge on any atom is 0.194 e. The molecule has 0 saturated heterocycles. The van der Waals surface area contributed by atoms with Crippen molar-refractivity contribution in [3.05, 3.63) is 23.7 Å². The average molecular weight is 263 g/mol. The van der Waals surface area contributed by atoms with E-state index >= 15 is 0 Å². The van der Waals surface area contributed by atoms with Crippen LogP contribution in [-0.2, 0) is 0 Å². The lowest BCUT2D eigenvalue weighted by Crippen LogP contribution is -2.05. The van der Waals surface area contributed by atoms with Gasteiger partial charge < -0.3 is 5.73 Å². The fraction of sp³-hybridized carbons (Fsp3) is 0.417. The summed E-state index contributed by atoms with van der Waals surface area (Å²) in [7, 11) is 0. The van der Waals surface area contributed by atoms with Crippen molar-refractivity contribution in [3.63, 3.8) is 0 Å². The zero-order valence-corrected chi connectivity index (χ0v) is 11.8. The van der Waals surface area contributed by atoms with Crippen molar-refractivity contribution in [1.82, 2.24) is 19.7 Å². The van der Waals surface area contributed by atoms with Crippen LogP contribution >= 0.6 is 11.8 Å². The summed E-state index contributed by atoms with van der Waals surface area (Å²) in [6, 6.07) is 2.13. The number of hydrogen-bond acceptors (Lipinski definition) is 5. The molecule has 0 amide bonds. The molecule has 0 unspecified atom stereocenters. The molecule has 2 rings (SSSR count). The molecule has 96 valence electrons. The number of nitrogens with zero attached hydrogens (tertiary/aromatic N) is 4. The first-order chi connectivity index (χ1) is 8.49. The molecule has 2 aromatic heterocycles. The molecule has 0 fully saturated rings. The Kier molecular flexibility index (Phi) is 3.56. The van der Waals surface area contributed by atoms with E-state index in [2.05, 4.69) is 28.9 Å². The van der Waals surface area contributed by atoms with Crippen molar-refractivity contribution in [2.45, 2.75) is 43.9 Å². The molecule has 0 aliphatic heterocycles. The Morgan fingerprint density at radius 2 is 2.06 bits per heavy atom. The summed E-state index contributed by atoms with van der Waals surface area (Å²) in [4.78, 5) is 8.62. The van der Waals surface area contributed by atoms with Gasteiger partial charge >= 0.3 is 0 Å². The summed E-state index contributed by atoms with van der Waals surface area (Å²) in [6.07, 6.45) is 1.75. The van der Waals surface area contributed by atoms with Gasteiger partial charge in [-0.2, -0.15) is 5.10 Å². The summed E-state index contributed by atoms with van der Waals surface area (Å²) in [5.41, 5.74) is 8.56. The molecule has 18 heavy (non-hydrogen) atoms. The molecular formula is C12H17N5S. The Morgan fingerprint density at radius 1 is 1.33 bits per heavy atom. The van der Waals surface area contributed by atoms with E-state index in [0.29, 0.717) is 10.8 Å². The van der Waals surface area contributed by atoms with E-state index in [1.54, 1.807) is 6.20 Å². The molecular weight excluding hydrogens is 246 g/mol. The first-order valence-electron chi connectivity index (χ1n) is 5.81. The molecule has 6 heteroatoms. The van der Waals surface area contributed by atoms with Crippen LogP contribution in [0.25, 0.3) is 0 Å². The number of hydrogen-bond donors (Lipinski definition) is 1. The average Bonchev–Trinajstić information content (AvgIpc) is 2.57. The molecule has 2 aromatic rings. The van der Waals surface area contributed by atoms with Gasteiger partial charge in [-0.3, -0.25) is 4.68 Å². The third kappa shape index (κ3) is 2.48. The molecule has 0 aliphatic carbocycles. The minimum Gasteiger partial charge on any atom is -0.395 e. The molecule has 2 heterocycles. The third-order valence-electron chi connectivity index (χ3n) is 2.54. The highest BCUT2D eigenvalue weighted by molar-refractivity contribution is 7.99. The van der Waals surface area contributed by atoms with Crippen molar-refractivity contribution in [2.24, 2.45) is 0 Å². The molecule has 0 saturated carbocycles. The lowest BCUT2D eigenvalue weighted by molar-refractivity contribution is 0.491. The van der Waals surface area contributed by atoms with Gasteiger partial charge in [0.05, 0.1) is 11.4 Å². The van der Waals surface area contributed by atoms with E-state index in [1.165, 1.54) is 11.8 Å². The number of rotatable bonds is 3. The van der Waals surface area contributed by atoms with E-state index in [1.807, 2.05) is 24.6 Å². The first kappa shape index (κ1) is 12.9. The van der Waals surface area contributed by atoms with Crippen molar-refractivity contribution in [1.29, 1.82) is 0 Å². The van der Waals surface area contributed by atoms with Gasteiger partial charge in [0.25, 0.3) is 0 Å². The second kappa shape index (κ2) is 4.97. The second-order valence-electron chi connectivity index (χ2n) is 4.43. The first-order valence-corrected chi connectivity index (χ1v) is 6.62. The molecule has 2 N–H and O–H groups in total. The van der Waals surface area contributed by atoms with Crippen LogP contribution in [0, 0.1) is 13.8 Å². The van der Waals surface area contributed by atoms with Crippen LogP contribution in [0.1, 0.15) is 31.3 Å². The Balaban J connectivity index is 2.39. The third-order valence-corrected chi connectivity index (χ3v) is 3.52. The topological polar surface area (TPSA) is 69.6 Å². The van der Waals surface area contributed by atoms with Gasteiger partial charge in [0.1, 0.15) is 5.03 Å².